The van der Waals surface area contributed by atoms with Gasteiger partial charge in [-0.3, -0.25) is 0 Å². The smallest absolute Gasteiger partial charge is 0.231 e. The van der Waals surface area contributed by atoms with Crippen molar-refractivity contribution in [1.82, 2.24) is 10.1 Å². The Balaban J connectivity index is 2.30. The van der Waals surface area contributed by atoms with Gasteiger partial charge >= 0.3 is 0 Å². The maximum absolute atomic E-state index is 6.01. The average molecular weight is 324 g/mol. The third-order valence-electron chi connectivity index (χ3n) is 3.31. The van der Waals surface area contributed by atoms with Gasteiger partial charge in [-0.2, -0.15) is 4.98 Å². The second-order valence-electron chi connectivity index (χ2n) is 4.80. The van der Waals surface area contributed by atoms with Crippen LogP contribution in [0.15, 0.2) is 27.2 Å². The normalized spacial score (nSPS) is 14.4. The highest BCUT2D eigenvalue weighted by atomic mass is 79.9. The van der Waals surface area contributed by atoms with Crippen LogP contribution in [0.5, 0.6) is 0 Å². The molecule has 0 aliphatic carbocycles. The number of nitrogens with zero attached hydrogens (tertiary/aromatic N) is 2. The third kappa shape index (κ3) is 3.04. The van der Waals surface area contributed by atoms with Crippen molar-refractivity contribution >= 4 is 15.9 Å². The van der Waals surface area contributed by atoms with Crippen molar-refractivity contribution in [3.05, 3.63) is 34.1 Å². The predicted octanol–water partition coefficient (Wildman–Crippen LogP) is 3.65. The van der Waals surface area contributed by atoms with Gasteiger partial charge in [0.25, 0.3) is 0 Å². The van der Waals surface area contributed by atoms with Gasteiger partial charge in [-0.1, -0.05) is 41.0 Å². The third-order valence-corrected chi connectivity index (χ3v) is 3.97. The lowest BCUT2D eigenvalue weighted by Gasteiger charge is -2.13. The number of aryl methyl sites for hydroxylation is 1. The van der Waals surface area contributed by atoms with Crippen LogP contribution < -0.4 is 5.73 Å². The van der Waals surface area contributed by atoms with E-state index in [0.717, 1.165) is 16.5 Å². The molecule has 19 heavy (non-hydrogen) atoms. The molecule has 2 unspecified atom stereocenters. The Morgan fingerprint density at radius 2 is 2.16 bits per heavy atom. The molecule has 0 aliphatic heterocycles. The Morgan fingerprint density at radius 3 is 2.79 bits per heavy atom. The van der Waals surface area contributed by atoms with Crippen LogP contribution in [0.3, 0.4) is 0 Å². The van der Waals surface area contributed by atoms with Gasteiger partial charge in [0.1, 0.15) is 0 Å². The van der Waals surface area contributed by atoms with Crippen molar-refractivity contribution in [2.45, 2.75) is 39.2 Å². The summed E-state index contributed by atoms with van der Waals surface area (Å²) in [5, 5.41) is 4.04. The molecule has 0 saturated heterocycles. The molecule has 0 amide bonds. The van der Waals surface area contributed by atoms with Crippen molar-refractivity contribution in [3.8, 4) is 11.4 Å². The van der Waals surface area contributed by atoms with Crippen LogP contribution in [0, 0.1) is 6.92 Å². The minimum absolute atomic E-state index is 0.0368. The van der Waals surface area contributed by atoms with Crippen molar-refractivity contribution in [2.75, 3.05) is 0 Å². The monoisotopic (exact) mass is 323 g/mol. The van der Waals surface area contributed by atoms with E-state index in [-0.39, 0.29) is 12.0 Å². The van der Waals surface area contributed by atoms with E-state index in [1.54, 1.807) is 0 Å². The molecular formula is C14H18BrN3O. The largest absolute Gasteiger partial charge is 0.339 e. The molecule has 1 aromatic carbocycles. The molecule has 2 aromatic rings. The zero-order valence-electron chi connectivity index (χ0n) is 11.4. The first-order valence-electron chi connectivity index (χ1n) is 6.38. The molecule has 1 aromatic heterocycles. The first-order valence-corrected chi connectivity index (χ1v) is 7.18. The van der Waals surface area contributed by atoms with E-state index in [1.807, 2.05) is 32.0 Å². The van der Waals surface area contributed by atoms with Gasteiger partial charge in [0.15, 0.2) is 0 Å². The summed E-state index contributed by atoms with van der Waals surface area (Å²) >= 11 is 3.53. The molecule has 2 atom stereocenters. The molecule has 102 valence electrons. The minimum Gasteiger partial charge on any atom is -0.339 e. The molecule has 2 rings (SSSR count). The van der Waals surface area contributed by atoms with Crippen LogP contribution in [0.25, 0.3) is 11.4 Å². The van der Waals surface area contributed by atoms with Gasteiger partial charge < -0.3 is 10.3 Å². The number of hydrogen-bond acceptors (Lipinski definition) is 4. The molecule has 4 nitrogen and oxygen atoms in total. The van der Waals surface area contributed by atoms with Gasteiger partial charge in [0.05, 0.1) is 5.92 Å². The Bertz CT molecular complexity index is 568. The maximum Gasteiger partial charge on any atom is 0.231 e. The summed E-state index contributed by atoms with van der Waals surface area (Å²) in [5.41, 5.74) is 8.12. The van der Waals surface area contributed by atoms with Gasteiger partial charge in [-0.15, -0.1) is 0 Å². The zero-order chi connectivity index (χ0) is 14.0. The molecule has 0 aliphatic rings. The summed E-state index contributed by atoms with van der Waals surface area (Å²) in [6, 6.07) is 6.08. The average Bonchev–Trinajstić information content (AvgIpc) is 2.86. The van der Waals surface area contributed by atoms with Crippen LogP contribution in [0.2, 0.25) is 0 Å². The lowest BCUT2D eigenvalue weighted by molar-refractivity contribution is 0.340. The molecule has 5 heteroatoms. The number of nitrogens with two attached hydrogens (primary N) is 1. The van der Waals surface area contributed by atoms with Gasteiger partial charge in [0, 0.05) is 16.1 Å². The predicted molar refractivity (Wildman–Crippen MR) is 78.9 cm³/mol. The molecule has 0 fully saturated rings. The van der Waals surface area contributed by atoms with Gasteiger partial charge in [-0.25, -0.2) is 0 Å². The SMILES string of the molecule is CCC(N)C(C)c1nc(-c2ccc(C)cc2Br)no1. The van der Waals surface area contributed by atoms with E-state index in [9.17, 15) is 0 Å². The minimum atomic E-state index is 0.0368. The molecule has 2 N–H and O–H groups in total. The summed E-state index contributed by atoms with van der Waals surface area (Å²) in [6.07, 6.45) is 0.882. The second-order valence-corrected chi connectivity index (χ2v) is 5.65. The molecule has 0 bridgehead atoms. The first-order chi connectivity index (χ1) is 9.02. The van der Waals surface area contributed by atoms with Gasteiger partial charge in [-0.05, 0) is 31.0 Å². The lowest BCUT2D eigenvalue weighted by atomic mass is 10.0. The Hall–Kier alpha value is -1.20. The highest BCUT2D eigenvalue weighted by molar-refractivity contribution is 9.10. The van der Waals surface area contributed by atoms with E-state index in [1.165, 1.54) is 5.56 Å². The van der Waals surface area contributed by atoms with Gasteiger partial charge in [0.2, 0.25) is 11.7 Å². The number of hydrogen-bond donors (Lipinski definition) is 1. The summed E-state index contributed by atoms with van der Waals surface area (Å²) in [4.78, 5) is 4.45. The Labute approximate surface area is 121 Å². The van der Waals surface area contributed by atoms with Crippen LogP contribution in [0.4, 0.5) is 0 Å². The van der Waals surface area contributed by atoms with E-state index < -0.39 is 0 Å². The summed E-state index contributed by atoms with van der Waals surface area (Å²) in [5.74, 6) is 1.25. The molecule has 0 saturated carbocycles. The fourth-order valence-corrected chi connectivity index (χ4v) is 2.54. The van der Waals surface area contributed by atoms with Crippen LogP contribution in [-0.4, -0.2) is 16.2 Å². The quantitative estimate of drug-likeness (QED) is 0.932. The van der Waals surface area contributed by atoms with Crippen molar-refractivity contribution in [3.63, 3.8) is 0 Å². The summed E-state index contributed by atoms with van der Waals surface area (Å²) in [7, 11) is 0. The van der Waals surface area contributed by atoms with Crippen LogP contribution >= 0.6 is 15.9 Å². The fraction of sp³-hybridized carbons (Fsp3) is 0.429. The van der Waals surface area contributed by atoms with Crippen molar-refractivity contribution < 1.29 is 4.52 Å². The maximum atomic E-state index is 6.01. The Morgan fingerprint density at radius 1 is 1.42 bits per heavy atom. The molecule has 1 heterocycles. The molecule has 0 spiro atoms. The van der Waals surface area contributed by atoms with Crippen molar-refractivity contribution in [2.24, 2.45) is 5.73 Å². The highest BCUT2D eigenvalue weighted by Gasteiger charge is 2.21. The van der Waals surface area contributed by atoms with E-state index in [0.29, 0.717) is 11.7 Å². The summed E-state index contributed by atoms with van der Waals surface area (Å²) < 4.78 is 6.29. The fourth-order valence-electron chi connectivity index (χ4n) is 1.87. The summed E-state index contributed by atoms with van der Waals surface area (Å²) in [6.45, 7) is 6.10. The Kier molecular flexibility index (Phi) is 4.37. The number of rotatable bonds is 4. The molecule has 0 radical (unpaired) electrons. The van der Waals surface area contributed by atoms with E-state index >= 15 is 0 Å². The zero-order valence-corrected chi connectivity index (χ0v) is 12.9. The van der Waals surface area contributed by atoms with Crippen molar-refractivity contribution in [1.29, 1.82) is 0 Å². The highest BCUT2D eigenvalue weighted by Crippen LogP contribution is 2.28. The van der Waals surface area contributed by atoms with E-state index in [2.05, 4.69) is 33.0 Å². The van der Waals surface area contributed by atoms with Crippen LogP contribution in [0.1, 0.15) is 37.6 Å². The number of benzene rings is 1. The number of aromatic nitrogens is 2. The standard InChI is InChI=1S/C14H18BrN3O/c1-4-12(16)9(3)14-17-13(18-19-14)10-6-5-8(2)7-11(10)15/h5-7,9,12H,4,16H2,1-3H3. The molecular weight excluding hydrogens is 306 g/mol. The van der Waals surface area contributed by atoms with E-state index in [4.69, 9.17) is 10.3 Å². The second kappa shape index (κ2) is 5.84. The number of halogens is 1. The lowest BCUT2D eigenvalue weighted by Crippen LogP contribution is -2.25. The van der Waals surface area contributed by atoms with Crippen LogP contribution in [-0.2, 0) is 0 Å². The first kappa shape index (κ1) is 14.2. The topological polar surface area (TPSA) is 64.9 Å².